The summed E-state index contributed by atoms with van der Waals surface area (Å²) in [5, 5.41) is 2.79. The first-order valence-electron chi connectivity index (χ1n) is 7.07. The molecule has 20 heavy (non-hydrogen) atoms. The van der Waals surface area contributed by atoms with Gasteiger partial charge < -0.3 is 5.73 Å². The van der Waals surface area contributed by atoms with E-state index in [2.05, 4.69) is 11.1 Å². The molecule has 0 atom stereocenters. The summed E-state index contributed by atoms with van der Waals surface area (Å²) in [4.78, 5) is 17.1. The largest absolute Gasteiger partial charge is 0.330 e. The number of hydrogen-bond acceptors (Lipinski definition) is 4. The van der Waals surface area contributed by atoms with Gasteiger partial charge in [-0.25, -0.2) is 4.98 Å². The molecule has 1 aliphatic rings. The fourth-order valence-corrected chi connectivity index (χ4v) is 3.36. The maximum Gasteiger partial charge on any atom is 0.212 e. The summed E-state index contributed by atoms with van der Waals surface area (Å²) < 4.78 is 0. The Hall–Kier alpha value is -1.52. The van der Waals surface area contributed by atoms with E-state index in [1.54, 1.807) is 0 Å². The monoisotopic (exact) mass is 286 g/mol. The van der Waals surface area contributed by atoms with E-state index >= 15 is 0 Å². The van der Waals surface area contributed by atoms with Crippen molar-refractivity contribution in [3.8, 4) is 0 Å². The highest BCUT2D eigenvalue weighted by Gasteiger charge is 2.25. The van der Waals surface area contributed by atoms with Crippen molar-refractivity contribution in [1.82, 2.24) is 4.98 Å². The third-order valence-electron chi connectivity index (χ3n) is 3.89. The zero-order valence-corrected chi connectivity index (χ0v) is 12.2. The van der Waals surface area contributed by atoms with Crippen molar-refractivity contribution < 1.29 is 4.79 Å². The molecule has 2 N–H and O–H groups in total. The van der Waals surface area contributed by atoms with Crippen LogP contribution in [-0.2, 0) is 6.42 Å². The number of nitrogens with two attached hydrogens (primary N) is 1. The van der Waals surface area contributed by atoms with Crippen LogP contribution in [0.4, 0.5) is 0 Å². The van der Waals surface area contributed by atoms with E-state index in [1.807, 2.05) is 23.6 Å². The molecule has 0 radical (unpaired) electrons. The Morgan fingerprint density at radius 1 is 1.35 bits per heavy atom. The average Bonchev–Trinajstić information content (AvgIpc) is 2.86. The Balaban J connectivity index is 1.89. The lowest BCUT2D eigenvalue weighted by Crippen LogP contribution is -2.14. The number of nitrogens with zero attached hydrogens (tertiary/aromatic N) is 1. The second-order valence-corrected chi connectivity index (χ2v) is 6.15. The van der Waals surface area contributed by atoms with Crippen LogP contribution in [-0.4, -0.2) is 17.3 Å². The number of hydrogen-bond donors (Lipinski definition) is 1. The lowest BCUT2D eigenvalue weighted by molar-refractivity contribution is 0.103. The van der Waals surface area contributed by atoms with E-state index in [1.165, 1.54) is 36.2 Å². The normalized spacial score (nSPS) is 15.1. The Morgan fingerprint density at radius 3 is 2.85 bits per heavy atom. The number of aromatic nitrogens is 1. The van der Waals surface area contributed by atoms with Crippen LogP contribution in [0.1, 0.15) is 51.8 Å². The molecule has 1 heterocycles. The minimum Gasteiger partial charge on any atom is -0.330 e. The second-order valence-electron chi connectivity index (χ2n) is 5.21. The van der Waals surface area contributed by atoms with E-state index in [9.17, 15) is 4.79 Å². The lowest BCUT2D eigenvalue weighted by atomic mass is 9.77. The van der Waals surface area contributed by atoms with Crippen molar-refractivity contribution in [1.29, 1.82) is 0 Å². The van der Waals surface area contributed by atoms with Crippen molar-refractivity contribution in [2.45, 2.75) is 31.6 Å². The molecular weight excluding hydrogens is 268 g/mol. The summed E-state index contributed by atoms with van der Waals surface area (Å²) in [6, 6.07) is 7.97. The van der Waals surface area contributed by atoms with E-state index in [4.69, 9.17) is 5.73 Å². The molecule has 0 bridgehead atoms. The van der Waals surface area contributed by atoms with Gasteiger partial charge in [-0.2, -0.15) is 0 Å². The van der Waals surface area contributed by atoms with Gasteiger partial charge in [0.2, 0.25) is 5.78 Å². The van der Waals surface area contributed by atoms with Crippen LogP contribution in [0, 0.1) is 0 Å². The van der Waals surface area contributed by atoms with Gasteiger partial charge in [-0.3, -0.25) is 4.79 Å². The molecule has 0 saturated heterocycles. The van der Waals surface area contributed by atoms with E-state index in [0.717, 1.165) is 17.0 Å². The van der Waals surface area contributed by atoms with Crippen molar-refractivity contribution in [3.05, 3.63) is 51.5 Å². The molecule has 1 saturated carbocycles. The molecule has 1 aliphatic carbocycles. The van der Waals surface area contributed by atoms with Gasteiger partial charge >= 0.3 is 0 Å². The first-order chi connectivity index (χ1) is 9.79. The number of carbonyl (C=O) groups is 1. The summed E-state index contributed by atoms with van der Waals surface area (Å²) in [6.45, 7) is 0.569. The molecule has 1 aromatic heterocycles. The van der Waals surface area contributed by atoms with Gasteiger partial charge in [0.1, 0.15) is 5.69 Å². The minimum atomic E-state index is 0.0482. The predicted molar refractivity (Wildman–Crippen MR) is 81.3 cm³/mol. The van der Waals surface area contributed by atoms with Gasteiger partial charge in [0.25, 0.3) is 0 Å². The molecule has 104 valence electrons. The topological polar surface area (TPSA) is 56.0 Å². The Bertz CT molecular complexity index is 616. The van der Waals surface area contributed by atoms with E-state index in [0.29, 0.717) is 18.2 Å². The maximum absolute atomic E-state index is 12.6. The van der Waals surface area contributed by atoms with Gasteiger partial charge in [0, 0.05) is 17.4 Å². The van der Waals surface area contributed by atoms with Crippen LogP contribution in [0.3, 0.4) is 0 Å². The van der Waals surface area contributed by atoms with Crippen molar-refractivity contribution >= 4 is 17.1 Å². The summed E-state index contributed by atoms with van der Waals surface area (Å²) in [5.41, 5.74) is 8.10. The average molecular weight is 286 g/mol. The summed E-state index contributed by atoms with van der Waals surface area (Å²) in [6.07, 6.45) is 4.40. The summed E-state index contributed by atoms with van der Waals surface area (Å²) in [7, 11) is 0. The molecule has 2 aromatic rings. The Labute approximate surface area is 122 Å². The first-order valence-corrected chi connectivity index (χ1v) is 7.95. The first kappa shape index (κ1) is 13.5. The van der Waals surface area contributed by atoms with Gasteiger partial charge in [0.05, 0.1) is 5.01 Å². The lowest BCUT2D eigenvalue weighted by Gasteiger charge is -2.27. The van der Waals surface area contributed by atoms with Gasteiger partial charge in [-0.1, -0.05) is 30.7 Å². The van der Waals surface area contributed by atoms with Crippen LogP contribution in [0.5, 0.6) is 0 Å². The number of benzene rings is 1. The van der Waals surface area contributed by atoms with Crippen LogP contribution < -0.4 is 5.73 Å². The molecule has 4 heteroatoms. The zero-order valence-electron chi connectivity index (χ0n) is 11.3. The maximum atomic E-state index is 12.6. The molecule has 1 aromatic carbocycles. The number of rotatable bonds is 5. The molecule has 0 amide bonds. The Kier molecular flexibility index (Phi) is 3.94. The molecular formula is C16H18N2OS. The van der Waals surface area contributed by atoms with Crippen LogP contribution >= 0.6 is 11.3 Å². The Morgan fingerprint density at radius 2 is 2.15 bits per heavy atom. The molecule has 0 aliphatic heterocycles. The van der Waals surface area contributed by atoms with E-state index in [-0.39, 0.29) is 5.78 Å². The molecule has 1 fully saturated rings. The van der Waals surface area contributed by atoms with E-state index < -0.39 is 0 Å². The predicted octanol–water partition coefficient (Wildman–Crippen LogP) is 3.14. The molecule has 0 unspecified atom stereocenters. The third-order valence-corrected chi connectivity index (χ3v) is 4.80. The molecule has 0 spiro atoms. The quantitative estimate of drug-likeness (QED) is 0.859. The molecule has 3 rings (SSSR count). The van der Waals surface area contributed by atoms with Crippen molar-refractivity contribution in [3.63, 3.8) is 0 Å². The third kappa shape index (κ3) is 2.53. The highest BCUT2D eigenvalue weighted by molar-refractivity contribution is 7.09. The minimum absolute atomic E-state index is 0.0482. The smallest absolute Gasteiger partial charge is 0.212 e. The molecule has 3 nitrogen and oxygen atoms in total. The number of carbonyl (C=O) groups excluding carboxylic acids is 1. The number of ketones is 1. The fourth-order valence-electron chi connectivity index (χ4n) is 2.57. The summed E-state index contributed by atoms with van der Waals surface area (Å²) >= 11 is 1.52. The van der Waals surface area contributed by atoms with Crippen LogP contribution in [0.15, 0.2) is 29.6 Å². The van der Waals surface area contributed by atoms with Gasteiger partial charge in [0.15, 0.2) is 0 Å². The van der Waals surface area contributed by atoms with Gasteiger partial charge in [-0.15, -0.1) is 11.3 Å². The standard InChI is InChI=1S/C16H18N2OS/c17-9-8-15-18-14(10-20-15)16(19)13-7-2-1-6-12(13)11-4-3-5-11/h1-2,6-7,10-11H,3-5,8-9,17H2. The number of thiazole rings is 1. The van der Waals surface area contributed by atoms with Crippen molar-refractivity contribution in [2.24, 2.45) is 5.73 Å². The summed E-state index contributed by atoms with van der Waals surface area (Å²) in [5.74, 6) is 0.601. The zero-order chi connectivity index (χ0) is 13.9. The fraction of sp³-hybridized carbons (Fsp3) is 0.375. The highest BCUT2D eigenvalue weighted by Crippen LogP contribution is 2.38. The van der Waals surface area contributed by atoms with Crippen LogP contribution in [0.2, 0.25) is 0 Å². The van der Waals surface area contributed by atoms with Gasteiger partial charge in [-0.05, 0) is 30.9 Å². The van der Waals surface area contributed by atoms with Crippen LogP contribution in [0.25, 0.3) is 0 Å². The van der Waals surface area contributed by atoms with Crippen molar-refractivity contribution in [2.75, 3.05) is 6.54 Å². The second kappa shape index (κ2) is 5.85. The highest BCUT2D eigenvalue weighted by atomic mass is 32.1. The SMILES string of the molecule is NCCc1nc(C(=O)c2ccccc2C2CCC2)cs1.